The first-order valence-corrected chi connectivity index (χ1v) is 8.04. The predicted octanol–water partition coefficient (Wildman–Crippen LogP) is 4.99. The third-order valence-electron chi connectivity index (χ3n) is 2.36. The van der Waals surface area contributed by atoms with Crippen molar-refractivity contribution in [2.75, 3.05) is 13.2 Å². The lowest BCUT2D eigenvalue weighted by atomic mass is 10.3. The fraction of sp³-hybridized carbons (Fsp3) is 0.231. The van der Waals surface area contributed by atoms with Crippen molar-refractivity contribution in [1.82, 2.24) is 5.32 Å². The lowest BCUT2D eigenvalue weighted by Crippen LogP contribution is -2.20. The van der Waals surface area contributed by atoms with Gasteiger partial charge in [-0.2, -0.15) is 0 Å². The monoisotopic (exact) mass is 379 g/mol. The second kappa shape index (κ2) is 7.50. The van der Waals surface area contributed by atoms with E-state index in [1.807, 2.05) is 30.3 Å². The molecule has 2 aromatic rings. The second-order valence-electron chi connectivity index (χ2n) is 3.81. The quantitative estimate of drug-likeness (QED) is 0.713. The van der Waals surface area contributed by atoms with E-state index < -0.39 is 0 Å². The van der Waals surface area contributed by atoms with E-state index in [4.69, 9.17) is 27.9 Å². The van der Waals surface area contributed by atoms with Gasteiger partial charge in [-0.1, -0.05) is 39.1 Å². The number of rotatable bonds is 6. The van der Waals surface area contributed by atoms with E-state index >= 15 is 0 Å². The summed E-state index contributed by atoms with van der Waals surface area (Å²) < 4.78 is 7.35. The Morgan fingerprint density at radius 2 is 2.05 bits per heavy atom. The summed E-state index contributed by atoms with van der Waals surface area (Å²) in [5, 5.41) is 3.90. The van der Waals surface area contributed by atoms with Gasteiger partial charge < -0.3 is 10.1 Å². The number of ether oxygens (including phenoxy) is 1. The van der Waals surface area contributed by atoms with Gasteiger partial charge >= 0.3 is 0 Å². The molecule has 0 bridgehead atoms. The number of nitrogens with one attached hydrogen (secondary N) is 1. The average molecular weight is 381 g/mol. The molecule has 1 aromatic heterocycles. The Morgan fingerprint density at radius 3 is 2.74 bits per heavy atom. The Balaban J connectivity index is 1.69. The number of benzene rings is 1. The molecule has 0 aliphatic carbocycles. The molecule has 0 aliphatic rings. The van der Waals surface area contributed by atoms with Crippen LogP contribution in [0.1, 0.15) is 4.88 Å². The molecular weight excluding hydrogens is 369 g/mol. The van der Waals surface area contributed by atoms with Crippen LogP contribution in [0.4, 0.5) is 0 Å². The zero-order valence-corrected chi connectivity index (χ0v) is 13.9. The van der Waals surface area contributed by atoms with Crippen LogP contribution in [0.5, 0.6) is 5.75 Å². The highest BCUT2D eigenvalue weighted by molar-refractivity contribution is 9.10. The van der Waals surface area contributed by atoms with Gasteiger partial charge in [0.2, 0.25) is 0 Å². The first kappa shape index (κ1) is 15.1. The van der Waals surface area contributed by atoms with Crippen LogP contribution in [0.2, 0.25) is 9.36 Å². The minimum atomic E-state index is 0.570. The standard InChI is InChI=1S/C13H12BrCl2NOS/c14-9-1-3-12(11(15)7-9)18-6-5-17-8-10-2-4-13(16)19-10/h1-4,7,17H,5-6,8H2. The van der Waals surface area contributed by atoms with Crippen molar-refractivity contribution in [3.8, 4) is 5.75 Å². The highest BCUT2D eigenvalue weighted by Crippen LogP contribution is 2.27. The van der Waals surface area contributed by atoms with Crippen LogP contribution in [0, 0.1) is 0 Å². The molecule has 2 rings (SSSR count). The lowest BCUT2D eigenvalue weighted by Gasteiger charge is -2.08. The Morgan fingerprint density at radius 1 is 1.21 bits per heavy atom. The summed E-state index contributed by atoms with van der Waals surface area (Å²) in [6.45, 7) is 2.12. The molecule has 0 radical (unpaired) electrons. The Labute approximate surface area is 134 Å². The molecule has 0 fully saturated rings. The summed E-state index contributed by atoms with van der Waals surface area (Å²) in [6.07, 6.45) is 0. The molecular formula is C13H12BrCl2NOS. The third kappa shape index (κ3) is 4.97. The zero-order chi connectivity index (χ0) is 13.7. The highest BCUT2D eigenvalue weighted by Gasteiger charge is 2.02. The van der Waals surface area contributed by atoms with Gasteiger partial charge in [-0.15, -0.1) is 11.3 Å². The number of hydrogen-bond acceptors (Lipinski definition) is 3. The van der Waals surface area contributed by atoms with Gasteiger partial charge in [0, 0.05) is 22.4 Å². The molecule has 0 saturated heterocycles. The average Bonchev–Trinajstić information content (AvgIpc) is 2.77. The Hall–Kier alpha value is -0.260. The van der Waals surface area contributed by atoms with E-state index in [2.05, 4.69) is 21.2 Å². The minimum absolute atomic E-state index is 0.570. The zero-order valence-electron chi connectivity index (χ0n) is 9.96. The van der Waals surface area contributed by atoms with Gasteiger partial charge in [-0.3, -0.25) is 0 Å². The topological polar surface area (TPSA) is 21.3 Å². The highest BCUT2D eigenvalue weighted by atomic mass is 79.9. The normalized spacial score (nSPS) is 10.7. The van der Waals surface area contributed by atoms with Crippen LogP contribution in [0.15, 0.2) is 34.8 Å². The predicted molar refractivity (Wildman–Crippen MR) is 85.7 cm³/mol. The van der Waals surface area contributed by atoms with Crippen molar-refractivity contribution < 1.29 is 4.74 Å². The van der Waals surface area contributed by atoms with Gasteiger partial charge in [0.15, 0.2) is 0 Å². The molecule has 0 atom stereocenters. The van der Waals surface area contributed by atoms with Gasteiger partial charge in [-0.05, 0) is 30.3 Å². The van der Waals surface area contributed by atoms with Gasteiger partial charge in [0.05, 0.1) is 9.36 Å². The van der Waals surface area contributed by atoms with Crippen LogP contribution in [-0.2, 0) is 6.54 Å². The molecule has 0 saturated carbocycles. The minimum Gasteiger partial charge on any atom is -0.491 e. The fourth-order valence-corrected chi connectivity index (χ4v) is 3.27. The van der Waals surface area contributed by atoms with E-state index in [-0.39, 0.29) is 0 Å². The van der Waals surface area contributed by atoms with Crippen LogP contribution in [-0.4, -0.2) is 13.2 Å². The summed E-state index contributed by atoms with van der Waals surface area (Å²) in [7, 11) is 0. The van der Waals surface area contributed by atoms with Crippen LogP contribution >= 0.6 is 50.5 Å². The lowest BCUT2D eigenvalue weighted by molar-refractivity contribution is 0.314. The van der Waals surface area contributed by atoms with Crippen molar-refractivity contribution in [3.05, 3.63) is 49.0 Å². The molecule has 6 heteroatoms. The maximum absolute atomic E-state index is 6.05. The summed E-state index contributed by atoms with van der Waals surface area (Å²) in [4.78, 5) is 1.21. The van der Waals surface area contributed by atoms with Crippen molar-refractivity contribution in [1.29, 1.82) is 0 Å². The summed E-state index contributed by atoms with van der Waals surface area (Å²) >= 11 is 16.8. The molecule has 0 spiro atoms. The Kier molecular flexibility index (Phi) is 5.98. The van der Waals surface area contributed by atoms with Crippen LogP contribution in [0.3, 0.4) is 0 Å². The summed E-state index contributed by atoms with van der Waals surface area (Å²) in [5.41, 5.74) is 0. The molecule has 1 aromatic carbocycles. The maximum Gasteiger partial charge on any atom is 0.138 e. The second-order valence-corrected chi connectivity index (χ2v) is 6.93. The van der Waals surface area contributed by atoms with Crippen molar-refractivity contribution in [3.63, 3.8) is 0 Å². The van der Waals surface area contributed by atoms with E-state index in [1.165, 1.54) is 4.88 Å². The first-order chi connectivity index (χ1) is 9.15. The smallest absolute Gasteiger partial charge is 0.138 e. The maximum atomic E-state index is 6.05. The number of hydrogen-bond donors (Lipinski definition) is 1. The van der Waals surface area contributed by atoms with Gasteiger partial charge in [0.1, 0.15) is 12.4 Å². The SMILES string of the molecule is Clc1ccc(CNCCOc2ccc(Br)cc2Cl)s1. The van der Waals surface area contributed by atoms with Crippen molar-refractivity contribution >= 4 is 50.5 Å². The van der Waals surface area contributed by atoms with E-state index in [9.17, 15) is 0 Å². The Bertz CT molecular complexity index is 547. The molecule has 0 unspecified atom stereocenters. The van der Waals surface area contributed by atoms with Crippen molar-refractivity contribution in [2.45, 2.75) is 6.54 Å². The first-order valence-electron chi connectivity index (χ1n) is 5.68. The summed E-state index contributed by atoms with van der Waals surface area (Å²) in [5.74, 6) is 0.700. The van der Waals surface area contributed by atoms with Gasteiger partial charge in [-0.25, -0.2) is 0 Å². The molecule has 0 amide bonds. The van der Waals surface area contributed by atoms with Gasteiger partial charge in [0.25, 0.3) is 0 Å². The van der Waals surface area contributed by atoms with E-state index in [0.29, 0.717) is 17.4 Å². The molecule has 1 heterocycles. The van der Waals surface area contributed by atoms with Crippen LogP contribution < -0.4 is 10.1 Å². The van der Waals surface area contributed by atoms with Crippen LogP contribution in [0.25, 0.3) is 0 Å². The largest absolute Gasteiger partial charge is 0.491 e. The number of halogens is 3. The fourth-order valence-electron chi connectivity index (χ4n) is 1.48. The van der Waals surface area contributed by atoms with Crippen molar-refractivity contribution in [2.24, 2.45) is 0 Å². The summed E-state index contributed by atoms with van der Waals surface area (Å²) in [6, 6.07) is 9.50. The molecule has 1 N–H and O–H groups in total. The van der Waals surface area contributed by atoms with E-state index in [1.54, 1.807) is 11.3 Å². The molecule has 0 aliphatic heterocycles. The number of thiophene rings is 1. The molecule has 102 valence electrons. The third-order valence-corrected chi connectivity index (χ3v) is 4.38. The molecule has 2 nitrogen and oxygen atoms in total. The van der Waals surface area contributed by atoms with E-state index in [0.717, 1.165) is 21.9 Å². The molecule has 19 heavy (non-hydrogen) atoms.